The quantitative estimate of drug-likeness (QED) is 0.895. The Bertz CT molecular complexity index is 470. The van der Waals surface area contributed by atoms with Gasteiger partial charge in [-0.05, 0) is 43.4 Å². The molecule has 0 spiro atoms. The van der Waals surface area contributed by atoms with Gasteiger partial charge < -0.3 is 11.1 Å². The average molecular weight is 295 g/mol. The van der Waals surface area contributed by atoms with Crippen LogP contribution in [0.2, 0.25) is 5.02 Å². The van der Waals surface area contributed by atoms with E-state index in [1.807, 2.05) is 13.0 Å². The predicted octanol–water partition coefficient (Wildman–Crippen LogP) is 3.29. The maximum Gasteiger partial charge on any atom is 0.251 e. The summed E-state index contributed by atoms with van der Waals surface area (Å²) in [6, 6.07) is 5.46. The van der Waals surface area contributed by atoms with Gasteiger partial charge in [0.25, 0.3) is 5.91 Å². The van der Waals surface area contributed by atoms with E-state index in [0.717, 1.165) is 18.4 Å². The van der Waals surface area contributed by atoms with Crippen LogP contribution in [-0.2, 0) is 0 Å². The Morgan fingerprint density at radius 2 is 2.10 bits per heavy atom. The SMILES string of the molecule is Cc1ccc(Cl)cc1C(=O)NC(CN)C1CCCCC1. The van der Waals surface area contributed by atoms with Crippen molar-refractivity contribution >= 4 is 17.5 Å². The summed E-state index contributed by atoms with van der Waals surface area (Å²) in [6.07, 6.45) is 6.11. The lowest BCUT2D eigenvalue weighted by Crippen LogP contribution is -2.46. The Kier molecular flexibility index (Phi) is 5.44. The van der Waals surface area contributed by atoms with Crippen LogP contribution in [0, 0.1) is 12.8 Å². The monoisotopic (exact) mass is 294 g/mol. The molecule has 3 N–H and O–H groups in total. The molecular weight excluding hydrogens is 272 g/mol. The molecule has 0 aromatic heterocycles. The highest BCUT2D eigenvalue weighted by Gasteiger charge is 2.24. The third-order valence-corrected chi connectivity index (χ3v) is 4.47. The van der Waals surface area contributed by atoms with E-state index in [9.17, 15) is 4.79 Å². The molecule has 110 valence electrons. The standard InChI is InChI=1S/C16H23ClN2O/c1-11-7-8-13(17)9-14(11)16(20)19-15(10-18)12-5-3-2-4-6-12/h7-9,12,15H,2-6,10,18H2,1H3,(H,19,20). The number of benzene rings is 1. The highest BCUT2D eigenvalue weighted by atomic mass is 35.5. The first kappa shape index (κ1) is 15.3. The number of hydrogen-bond acceptors (Lipinski definition) is 2. The molecule has 0 saturated heterocycles. The lowest BCUT2D eigenvalue weighted by atomic mass is 9.83. The van der Waals surface area contributed by atoms with E-state index in [1.165, 1.54) is 19.3 Å². The van der Waals surface area contributed by atoms with Crippen molar-refractivity contribution in [2.75, 3.05) is 6.54 Å². The number of halogens is 1. The van der Waals surface area contributed by atoms with E-state index < -0.39 is 0 Å². The smallest absolute Gasteiger partial charge is 0.251 e. The number of carbonyl (C=O) groups is 1. The summed E-state index contributed by atoms with van der Waals surface area (Å²) in [5, 5.41) is 3.68. The second-order valence-electron chi connectivity index (χ2n) is 5.67. The van der Waals surface area contributed by atoms with Crippen LogP contribution in [0.1, 0.15) is 48.0 Å². The van der Waals surface area contributed by atoms with Crippen molar-refractivity contribution < 1.29 is 4.79 Å². The van der Waals surface area contributed by atoms with Crippen LogP contribution >= 0.6 is 11.6 Å². The number of nitrogens with two attached hydrogens (primary N) is 1. The summed E-state index contributed by atoms with van der Waals surface area (Å²) < 4.78 is 0. The summed E-state index contributed by atoms with van der Waals surface area (Å²) in [5.41, 5.74) is 7.44. The van der Waals surface area contributed by atoms with Gasteiger partial charge in [0, 0.05) is 23.2 Å². The van der Waals surface area contributed by atoms with Gasteiger partial charge in [-0.1, -0.05) is 36.9 Å². The molecule has 0 bridgehead atoms. The summed E-state index contributed by atoms with van der Waals surface area (Å²) in [6.45, 7) is 2.42. The number of nitrogens with one attached hydrogen (secondary N) is 1. The Labute approximate surface area is 125 Å². The average Bonchev–Trinajstić information content (AvgIpc) is 2.48. The molecule has 2 rings (SSSR count). The maximum absolute atomic E-state index is 12.4. The fourth-order valence-corrected chi connectivity index (χ4v) is 3.16. The van der Waals surface area contributed by atoms with Crippen LogP contribution in [-0.4, -0.2) is 18.5 Å². The van der Waals surface area contributed by atoms with E-state index >= 15 is 0 Å². The first-order chi connectivity index (χ1) is 9.61. The Morgan fingerprint density at radius 1 is 1.40 bits per heavy atom. The van der Waals surface area contributed by atoms with Crippen molar-refractivity contribution in [3.63, 3.8) is 0 Å². The molecule has 20 heavy (non-hydrogen) atoms. The molecule has 1 aliphatic rings. The minimum Gasteiger partial charge on any atom is -0.348 e. The fraction of sp³-hybridized carbons (Fsp3) is 0.562. The van der Waals surface area contributed by atoms with Gasteiger partial charge in [0.1, 0.15) is 0 Å². The van der Waals surface area contributed by atoms with Gasteiger partial charge in [-0.15, -0.1) is 0 Å². The Morgan fingerprint density at radius 3 is 2.75 bits per heavy atom. The molecular formula is C16H23ClN2O. The summed E-state index contributed by atoms with van der Waals surface area (Å²) in [7, 11) is 0. The van der Waals surface area contributed by atoms with Crippen molar-refractivity contribution in [2.45, 2.75) is 45.1 Å². The molecule has 1 aromatic carbocycles. The molecule has 3 nitrogen and oxygen atoms in total. The molecule has 1 unspecified atom stereocenters. The number of amides is 1. The van der Waals surface area contributed by atoms with Crippen LogP contribution in [0.15, 0.2) is 18.2 Å². The topological polar surface area (TPSA) is 55.1 Å². The number of rotatable bonds is 4. The normalized spacial score (nSPS) is 17.8. The Hall–Kier alpha value is -1.06. The molecule has 1 fully saturated rings. The number of aryl methyl sites for hydroxylation is 1. The van der Waals surface area contributed by atoms with Crippen LogP contribution < -0.4 is 11.1 Å². The van der Waals surface area contributed by atoms with E-state index in [-0.39, 0.29) is 11.9 Å². The van der Waals surface area contributed by atoms with E-state index in [4.69, 9.17) is 17.3 Å². The summed E-state index contributed by atoms with van der Waals surface area (Å²) >= 11 is 5.98. The van der Waals surface area contributed by atoms with Gasteiger partial charge in [0.15, 0.2) is 0 Å². The molecule has 1 aliphatic carbocycles. The van der Waals surface area contributed by atoms with Gasteiger partial charge in [-0.3, -0.25) is 4.79 Å². The maximum atomic E-state index is 12.4. The van der Waals surface area contributed by atoms with Crippen molar-refractivity contribution in [3.05, 3.63) is 34.3 Å². The molecule has 1 saturated carbocycles. The molecule has 0 aliphatic heterocycles. The van der Waals surface area contributed by atoms with Crippen molar-refractivity contribution in [1.82, 2.24) is 5.32 Å². The van der Waals surface area contributed by atoms with Crippen LogP contribution in [0.3, 0.4) is 0 Å². The van der Waals surface area contributed by atoms with Crippen LogP contribution in [0.4, 0.5) is 0 Å². The minimum atomic E-state index is -0.0639. The van der Waals surface area contributed by atoms with Gasteiger partial charge in [-0.2, -0.15) is 0 Å². The molecule has 1 atom stereocenters. The molecule has 0 radical (unpaired) electrons. The number of carbonyl (C=O) groups excluding carboxylic acids is 1. The highest BCUT2D eigenvalue weighted by Crippen LogP contribution is 2.26. The summed E-state index contributed by atoms with van der Waals surface area (Å²) in [4.78, 5) is 12.4. The minimum absolute atomic E-state index is 0.0639. The van der Waals surface area contributed by atoms with Crippen LogP contribution in [0.25, 0.3) is 0 Å². The van der Waals surface area contributed by atoms with Gasteiger partial charge in [-0.25, -0.2) is 0 Å². The van der Waals surface area contributed by atoms with E-state index in [2.05, 4.69) is 5.32 Å². The molecule has 1 amide bonds. The van der Waals surface area contributed by atoms with Crippen LogP contribution in [0.5, 0.6) is 0 Å². The van der Waals surface area contributed by atoms with Gasteiger partial charge >= 0.3 is 0 Å². The van der Waals surface area contributed by atoms with Crippen molar-refractivity contribution in [1.29, 1.82) is 0 Å². The lowest BCUT2D eigenvalue weighted by Gasteiger charge is -2.30. The zero-order valence-electron chi connectivity index (χ0n) is 12.0. The van der Waals surface area contributed by atoms with Gasteiger partial charge in [0.05, 0.1) is 0 Å². The highest BCUT2D eigenvalue weighted by molar-refractivity contribution is 6.31. The molecule has 1 aromatic rings. The summed E-state index contributed by atoms with van der Waals surface area (Å²) in [5.74, 6) is 0.447. The van der Waals surface area contributed by atoms with E-state index in [1.54, 1.807) is 12.1 Å². The predicted molar refractivity (Wildman–Crippen MR) is 83.1 cm³/mol. The van der Waals surface area contributed by atoms with Gasteiger partial charge in [0.2, 0.25) is 0 Å². The zero-order valence-corrected chi connectivity index (χ0v) is 12.7. The van der Waals surface area contributed by atoms with Crippen molar-refractivity contribution in [3.8, 4) is 0 Å². The lowest BCUT2D eigenvalue weighted by molar-refractivity contribution is 0.0915. The number of hydrogen-bond donors (Lipinski definition) is 2. The largest absolute Gasteiger partial charge is 0.348 e. The first-order valence-electron chi connectivity index (χ1n) is 7.39. The second-order valence-corrected chi connectivity index (χ2v) is 6.11. The first-order valence-corrected chi connectivity index (χ1v) is 7.76. The van der Waals surface area contributed by atoms with E-state index in [0.29, 0.717) is 23.0 Å². The Balaban J connectivity index is 2.06. The van der Waals surface area contributed by atoms with Crippen molar-refractivity contribution in [2.24, 2.45) is 11.7 Å². The molecule has 0 heterocycles. The molecule has 4 heteroatoms. The third-order valence-electron chi connectivity index (χ3n) is 4.23. The fourth-order valence-electron chi connectivity index (χ4n) is 2.99. The second kappa shape index (κ2) is 7.09. The third kappa shape index (κ3) is 3.74. The zero-order chi connectivity index (χ0) is 14.5.